The maximum absolute atomic E-state index is 11.4. The molecule has 3 rings (SSSR count). The molecule has 0 unspecified atom stereocenters. The number of rotatable bonds is 5. The van der Waals surface area contributed by atoms with Crippen LogP contribution in [0.15, 0.2) is 12.1 Å². The monoisotopic (exact) mass is 286 g/mol. The first kappa shape index (κ1) is 13.7. The fourth-order valence-corrected chi connectivity index (χ4v) is 2.74. The Labute approximate surface area is 122 Å². The molecule has 5 nitrogen and oxygen atoms in total. The third-order valence-corrected chi connectivity index (χ3v) is 3.84. The summed E-state index contributed by atoms with van der Waals surface area (Å²) < 4.78 is 5.72. The molecule has 0 aromatic heterocycles. The Balaban J connectivity index is 1.74. The fraction of sp³-hybridized carbons (Fsp3) is 0.375. The summed E-state index contributed by atoms with van der Waals surface area (Å²) in [7, 11) is 0. The normalized spacial score (nSPS) is 16.6. The van der Waals surface area contributed by atoms with Crippen LogP contribution >= 0.6 is 0 Å². The molecular weight excluding hydrogens is 268 g/mol. The molecule has 5 heteroatoms. The smallest absolute Gasteiger partial charge is 0.317 e. The lowest BCUT2D eigenvalue weighted by atomic mass is 10.0. The highest BCUT2D eigenvalue weighted by atomic mass is 16.5. The van der Waals surface area contributed by atoms with Gasteiger partial charge < -0.3 is 15.0 Å². The third-order valence-electron chi connectivity index (χ3n) is 3.84. The zero-order chi connectivity index (χ0) is 14.7. The first-order valence-electron chi connectivity index (χ1n) is 7.24. The topological polar surface area (TPSA) is 58.6 Å². The Morgan fingerprint density at radius 2 is 2.14 bits per heavy atom. The highest BCUT2D eigenvalue weighted by Gasteiger charge is 2.19. The van der Waals surface area contributed by atoms with Gasteiger partial charge in [0.1, 0.15) is 12.4 Å². The van der Waals surface area contributed by atoms with E-state index in [1.165, 1.54) is 0 Å². The third kappa shape index (κ3) is 2.77. The summed E-state index contributed by atoms with van der Waals surface area (Å²) in [4.78, 5) is 24.5. The lowest BCUT2D eigenvalue weighted by Crippen LogP contribution is -2.33. The van der Waals surface area contributed by atoms with Crippen molar-refractivity contribution in [1.29, 1.82) is 0 Å². The molecule has 1 fully saturated rings. The Hall–Kier alpha value is -2.30. The molecule has 1 saturated heterocycles. The number of urea groups is 1. The molecule has 1 aliphatic carbocycles. The largest absolute Gasteiger partial charge is 0.491 e. The van der Waals surface area contributed by atoms with Gasteiger partial charge in [-0.1, -0.05) is 18.2 Å². The number of fused-ring (bicyclic) bond motifs is 1. The Kier molecular flexibility index (Phi) is 3.90. The van der Waals surface area contributed by atoms with E-state index in [2.05, 4.69) is 17.5 Å². The summed E-state index contributed by atoms with van der Waals surface area (Å²) in [6.07, 6.45) is 7.04. The van der Waals surface area contributed by atoms with Crippen molar-refractivity contribution in [1.82, 2.24) is 10.2 Å². The van der Waals surface area contributed by atoms with Gasteiger partial charge in [0.25, 0.3) is 0 Å². The van der Waals surface area contributed by atoms with Crippen LogP contribution in [0, 0.1) is 0 Å². The second kappa shape index (κ2) is 5.99. The molecule has 21 heavy (non-hydrogen) atoms. The van der Waals surface area contributed by atoms with Crippen molar-refractivity contribution in [3.05, 3.63) is 28.1 Å². The average Bonchev–Trinajstić information content (AvgIpc) is 2.92. The molecule has 0 spiro atoms. The maximum Gasteiger partial charge on any atom is 0.317 e. The molecule has 1 aliphatic heterocycles. The van der Waals surface area contributed by atoms with Crippen molar-refractivity contribution in [2.75, 3.05) is 26.2 Å². The summed E-state index contributed by atoms with van der Waals surface area (Å²) in [6, 6.07) is 3.76. The van der Waals surface area contributed by atoms with Crippen LogP contribution in [0.25, 0.3) is 12.2 Å². The second-order valence-electron chi connectivity index (χ2n) is 5.15. The molecule has 0 bridgehead atoms. The minimum Gasteiger partial charge on any atom is -0.491 e. The van der Waals surface area contributed by atoms with Crippen LogP contribution in [0.5, 0.6) is 5.75 Å². The highest BCUT2D eigenvalue weighted by molar-refractivity contribution is 5.80. The summed E-state index contributed by atoms with van der Waals surface area (Å²) in [6.45, 7) is 2.30. The van der Waals surface area contributed by atoms with Gasteiger partial charge in [0.2, 0.25) is 0 Å². The summed E-state index contributed by atoms with van der Waals surface area (Å²) >= 11 is 0. The van der Waals surface area contributed by atoms with E-state index in [0.717, 1.165) is 29.6 Å². The van der Waals surface area contributed by atoms with E-state index in [0.29, 0.717) is 37.6 Å². The molecule has 0 saturated carbocycles. The van der Waals surface area contributed by atoms with E-state index in [-0.39, 0.29) is 6.03 Å². The van der Waals surface area contributed by atoms with Gasteiger partial charge in [-0.3, -0.25) is 4.79 Å². The highest BCUT2D eigenvalue weighted by Crippen LogP contribution is 2.12. The summed E-state index contributed by atoms with van der Waals surface area (Å²) in [5.74, 6) is 0.593. The molecule has 110 valence electrons. The molecule has 1 N–H and O–H groups in total. The minimum absolute atomic E-state index is 0.0532. The minimum atomic E-state index is -0.0532. The van der Waals surface area contributed by atoms with Crippen LogP contribution in [-0.4, -0.2) is 43.5 Å². The van der Waals surface area contributed by atoms with E-state index in [9.17, 15) is 9.59 Å². The Morgan fingerprint density at radius 1 is 1.29 bits per heavy atom. The number of hydrogen-bond donors (Lipinski definition) is 1. The number of carbonyl (C=O) groups is 2. The van der Waals surface area contributed by atoms with Gasteiger partial charge in [0.05, 0.1) is 12.1 Å². The van der Waals surface area contributed by atoms with Crippen LogP contribution in [0.3, 0.4) is 0 Å². The van der Waals surface area contributed by atoms with Crippen LogP contribution in [0.1, 0.15) is 23.2 Å². The Bertz CT molecular complexity index is 681. The van der Waals surface area contributed by atoms with Gasteiger partial charge >= 0.3 is 6.03 Å². The number of nitrogens with zero attached hydrogens (tertiary/aromatic N) is 1. The van der Waals surface area contributed by atoms with E-state index in [1.54, 1.807) is 4.90 Å². The molecule has 1 heterocycles. The molecule has 1 aromatic rings. The fourth-order valence-electron chi connectivity index (χ4n) is 2.74. The van der Waals surface area contributed by atoms with Crippen molar-refractivity contribution >= 4 is 24.5 Å². The number of ether oxygens (including phenoxy) is 1. The Morgan fingerprint density at radius 3 is 2.90 bits per heavy atom. The van der Waals surface area contributed by atoms with E-state index >= 15 is 0 Å². The SMILES string of the molecule is O=Cc1c(OCCN2CCNC2=O)ccc2c1=CCCC=2. The van der Waals surface area contributed by atoms with Crippen molar-refractivity contribution in [2.45, 2.75) is 12.8 Å². The molecular formula is C16H18N2O3. The first-order chi connectivity index (χ1) is 10.3. The predicted molar refractivity (Wildman–Crippen MR) is 79.7 cm³/mol. The van der Waals surface area contributed by atoms with Crippen molar-refractivity contribution in [3.8, 4) is 5.75 Å². The first-order valence-corrected chi connectivity index (χ1v) is 7.24. The lowest BCUT2D eigenvalue weighted by Gasteiger charge is -2.15. The van der Waals surface area contributed by atoms with Crippen LogP contribution < -0.4 is 20.5 Å². The van der Waals surface area contributed by atoms with Crippen LogP contribution in [0.2, 0.25) is 0 Å². The molecule has 0 atom stereocenters. The quantitative estimate of drug-likeness (QED) is 0.790. The van der Waals surface area contributed by atoms with E-state index in [4.69, 9.17) is 4.74 Å². The van der Waals surface area contributed by atoms with E-state index < -0.39 is 0 Å². The van der Waals surface area contributed by atoms with Gasteiger partial charge in [0.15, 0.2) is 6.29 Å². The van der Waals surface area contributed by atoms with Gasteiger partial charge in [-0.15, -0.1) is 0 Å². The van der Waals surface area contributed by atoms with Crippen molar-refractivity contribution < 1.29 is 14.3 Å². The molecule has 1 aromatic carbocycles. The summed E-state index contributed by atoms with van der Waals surface area (Å²) in [5.41, 5.74) is 0.606. The van der Waals surface area contributed by atoms with Crippen LogP contribution in [0.4, 0.5) is 4.79 Å². The zero-order valence-corrected chi connectivity index (χ0v) is 11.8. The van der Waals surface area contributed by atoms with Crippen LogP contribution in [-0.2, 0) is 0 Å². The van der Waals surface area contributed by atoms with Gasteiger partial charge in [-0.05, 0) is 29.3 Å². The number of aldehydes is 1. The van der Waals surface area contributed by atoms with Crippen molar-refractivity contribution in [3.63, 3.8) is 0 Å². The van der Waals surface area contributed by atoms with Gasteiger partial charge in [-0.2, -0.15) is 0 Å². The second-order valence-corrected chi connectivity index (χ2v) is 5.15. The standard InChI is InChI=1S/C16H18N2O3/c19-11-14-13-4-2-1-3-12(13)5-6-15(14)21-10-9-18-8-7-17-16(18)20/h3-6,11H,1-2,7-10H2,(H,17,20). The lowest BCUT2D eigenvalue weighted by molar-refractivity contribution is 0.111. The zero-order valence-electron chi connectivity index (χ0n) is 11.8. The molecule has 2 amide bonds. The van der Waals surface area contributed by atoms with E-state index in [1.807, 2.05) is 12.1 Å². The maximum atomic E-state index is 11.4. The van der Waals surface area contributed by atoms with Crippen molar-refractivity contribution in [2.24, 2.45) is 0 Å². The predicted octanol–water partition coefficient (Wildman–Crippen LogP) is 0.258. The summed E-state index contributed by atoms with van der Waals surface area (Å²) in [5, 5.41) is 4.81. The van der Waals surface area contributed by atoms with Gasteiger partial charge in [0, 0.05) is 13.1 Å². The number of hydrogen-bond acceptors (Lipinski definition) is 3. The number of benzene rings is 1. The number of carbonyl (C=O) groups excluding carboxylic acids is 2. The number of nitrogens with one attached hydrogen (secondary N) is 1. The molecule has 2 aliphatic rings. The molecule has 0 radical (unpaired) electrons. The number of amides is 2. The average molecular weight is 286 g/mol. The van der Waals surface area contributed by atoms with Gasteiger partial charge in [-0.25, -0.2) is 4.79 Å².